The van der Waals surface area contributed by atoms with E-state index in [0.717, 1.165) is 0 Å². The number of aromatic nitrogens is 1. The van der Waals surface area contributed by atoms with Crippen LogP contribution in [0.2, 0.25) is 0 Å². The Balaban J connectivity index is 2.33. The lowest BCUT2D eigenvalue weighted by atomic mass is 10.1. The summed E-state index contributed by atoms with van der Waals surface area (Å²) in [4.78, 5) is 37.8. The second kappa shape index (κ2) is 7.46. The van der Waals surface area contributed by atoms with Gasteiger partial charge in [0.15, 0.2) is 6.10 Å². The van der Waals surface area contributed by atoms with Gasteiger partial charge in [-0.3, -0.25) is 4.79 Å². The number of aromatic carboxylic acids is 1. The van der Waals surface area contributed by atoms with Gasteiger partial charge in [-0.15, -0.1) is 0 Å². The summed E-state index contributed by atoms with van der Waals surface area (Å²) >= 11 is 0. The number of carbonyl (C=O) groups is 3. The van der Waals surface area contributed by atoms with Gasteiger partial charge in [-0.25, -0.2) is 9.59 Å². The molecule has 1 aliphatic rings. The molecule has 9 nitrogen and oxygen atoms in total. The third-order valence-corrected chi connectivity index (χ3v) is 4.08. The fourth-order valence-electron chi connectivity index (χ4n) is 2.99. The molecule has 0 spiro atoms. The molecule has 0 aromatic carbocycles. The van der Waals surface area contributed by atoms with Gasteiger partial charge in [-0.05, 0) is 47.6 Å². The van der Waals surface area contributed by atoms with Crippen molar-refractivity contribution in [2.45, 2.75) is 71.9 Å². The molecule has 28 heavy (non-hydrogen) atoms. The van der Waals surface area contributed by atoms with Crippen molar-refractivity contribution in [3.8, 4) is 0 Å². The summed E-state index contributed by atoms with van der Waals surface area (Å²) in [5.74, 6) is -1.80. The summed E-state index contributed by atoms with van der Waals surface area (Å²) in [6.07, 6.45) is -2.05. The Labute approximate surface area is 164 Å². The highest BCUT2D eigenvalue weighted by Crippen LogP contribution is 2.28. The predicted molar refractivity (Wildman–Crippen MR) is 101 cm³/mol. The Morgan fingerprint density at radius 3 is 2.25 bits per heavy atom. The third kappa shape index (κ3) is 5.03. The highest BCUT2D eigenvalue weighted by molar-refractivity contribution is 5.91. The van der Waals surface area contributed by atoms with Crippen LogP contribution in [-0.4, -0.2) is 55.3 Å². The minimum atomic E-state index is -1.51. The molecule has 156 valence electrons. The maximum Gasteiger partial charge on any atom is 0.410 e. The van der Waals surface area contributed by atoms with Crippen LogP contribution in [0.4, 0.5) is 4.79 Å². The van der Waals surface area contributed by atoms with E-state index in [1.165, 1.54) is 11.0 Å². The normalized spacial score (nSPS) is 15.6. The topological polar surface area (TPSA) is 121 Å². The Bertz CT molecular complexity index is 785. The van der Waals surface area contributed by atoms with Crippen LogP contribution in [0.3, 0.4) is 0 Å². The molecule has 0 radical (unpaired) electrons. The third-order valence-electron chi connectivity index (χ3n) is 4.08. The van der Waals surface area contributed by atoms with Crippen molar-refractivity contribution in [2.24, 2.45) is 0 Å². The molecule has 0 aliphatic carbocycles. The average molecular weight is 395 g/mol. The molecule has 1 aromatic heterocycles. The zero-order chi connectivity index (χ0) is 21.4. The first-order valence-electron chi connectivity index (χ1n) is 9.13. The van der Waals surface area contributed by atoms with Crippen LogP contribution in [0, 0.1) is 0 Å². The van der Waals surface area contributed by atoms with Crippen molar-refractivity contribution in [1.82, 2.24) is 14.8 Å². The highest BCUT2D eigenvalue weighted by atomic mass is 16.6. The van der Waals surface area contributed by atoms with Crippen LogP contribution in [0.1, 0.15) is 69.4 Å². The SMILES string of the molecule is CC(C)(C)NC(=O)C(O)c1cc(C(=O)O)c2n1CCN(C(=O)OC(C)(C)C)C2. The number of fused-ring (bicyclic) bond motifs is 1. The number of aliphatic hydroxyl groups excluding tert-OH is 1. The summed E-state index contributed by atoms with van der Waals surface area (Å²) in [6.45, 7) is 11.1. The lowest BCUT2D eigenvalue weighted by Gasteiger charge is -2.32. The number of amides is 2. The van der Waals surface area contributed by atoms with E-state index in [4.69, 9.17) is 4.74 Å². The van der Waals surface area contributed by atoms with Crippen molar-refractivity contribution in [3.63, 3.8) is 0 Å². The smallest absolute Gasteiger partial charge is 0.410 e. The summed E-state index contributed by atoms with van der Waals surface area (Å²) < 4.78 is 6.95. The van der Waals surface area contributed by atoms with Crippen LogP contribution in [0.25, 0.3) is 0 Å². The van der Waals surface area contributed by atoms with Crippen molar-refractivity contribution in [2.75, 3.05) is 6.54 Å². The van der Waals surface area contributed by atoms with Gasteiger partial charge in [-0.1, -0.05) is 0 Å². The Morgan fingerprint density at radius 2 is 1.75 bits per heavy atom. The van der Waals surface area contributed by atoms with E-state index in [1.807, 2.05) is 0 Å². The number of hydrogen-bond acceptors (Lipinski definition) is 5. The van der Waals surface area contributed by atoms with E-state index in [-0.39, 0.29) is 30.9 Å². The maximum absolute atomic E-state index is 12.3. The molecular weight excluding hydrogens is 366 g/mol. The molecule has 3 N–H and O–H groups in total. The van der Waals surface area contributed by atoms with Crippen LogP contribution < -0.4 is 5.32 Å². The maximum atomic E-state index is 12.3. The number of nitrogens with zero attached hydrogens (tertiary/aromatic N) is 2. The number of carboxylic acid groups (broad SMARTS) is 1. The van der Waals surface area contributed by atoms with Crippen molar-refractivity contribution in [1.29, 1.82) is 0 Å². The number of ether oxygens (including phenoxy) is 1. The number of rotatable bonds is 3. The highest BCUT2D eigenvalue weighted by Gasteiger charge is 2.34. The first kappa shape index (κ1) is 21.7. The molecule has 2 heterocycles. The van der Waals surface area contributed by atoms with E-state index in [0.29, 0.717) is 5.69 Å². The van der Waals surface area contributed by atoms with Gasteiger partial charge in [0.25, 0.3) is 5.91 Å². The van der Waals surface area contributed by atoms with Gasteiger partial charge >= 0.3 is 12.1 Å². The molecule has 0 bridgehead atoms. The molecule has 2 amide bonds. The quantitative estimate of drug-likeness (QED) is 0.719. The standard InChI is InChI=1S/C19H29N3O6/c1-18(2,3)20-15(24)14(23)12-9-11(16(25)26)13-10-21(7-8-22(12)13)17(27)28-19(4,5)6/h9,14,23H,7-8,10H2,1-6H3,(H,20,24)(H,25,26). The second-order valence-corrected chi connectivity index (χ2v) is 8.93. The van der Waals surface area contributed by atoms with E-state index >= 15 is 0 Å². The molecule has 1 aromatic rings. The predicted octanol–water partition coefficient (Wildman–Crippen LogP) is 1.89. The largest absolute Gasteiger partial charge is 0.478 e. The van der Waals surface area contributed by atoms with E-state index < -0.39 is 35.2 Å². The Hall–Kier alpha value is -2.55. The number of carbonyl (C=O) groups excluding carboxylic acids is 2. The summed E-state index contributed by atoms with van der Waals surface area (Å²) in [5.41, 5.74) is -0.719. The number of nitrogens with one attached hydrogen (secondary N) is 1. The van der Waals surface area contributed by atoms with Gasteiger partial charge in [0, 0.05) is 18.6 Å². The number of aliphatic hydroxyl groups is 1. The zero-order valence-corrected chi connectivity index (χ0v) is 17.2. The van der Waals surface area contributed by atoms with Gasteiger partial charge in [-0.2, -0.15) is 0 Å². The van der Waals surface area contributed by atoms with Crippen LogP contribution in [0.5, 0.6) is 0 Å². The Morgan fingerprint density at radius 1 is 1.14 bits per heavy atom. The summed E-state index contributed by atoms with van der Waals surface area (Å²) in [7, 11) is 0. The molecule has 9 heteroatoms. The van der Waals surface area contributed by atoms with Crippen molar-refractivity contribution < 1.29 is 29.3 Å². The van der Waals surface area contributed by atoms with Crippen LogP contribution in [0.15, 0.2) is 6.07 Å². The van der Waals surface area contributed by atoms with Crippen molar-refractivity contribution >= 4 is 18.0 Å². The Kier molecular flexibility index (Phi) is 5.79. The lowest BCUT2D eigenvalue weighted by Crippen LogP contribution is -2.44. The fraction of sp³-hybridized carbons (Fsp3) is 0.632. The average Bonchev–Trinajstić information content (AvgIpc) is 2.89. The second-order valence-electron chi connectivity index (χ2n) is 8.93. The first-order chi connectivity index (χ1) is 12.7. The zero-order valence-electron chi connectivity index (χ0n) is 17.2. The van der Waals surface area contributed by atoms with Gasteiger partial charge in [0.1, 0.15) is 5.60 Å². The molecule has 1 unspecified atom stereocenters. The number of carboxylic acids is 1. The van der Waals surface area contributed by atoms with Gasteiger partial charge in [0.2, 0.25) is 0 Å². The molecule has 1 aliphatic heterocycles. The molecule has 0 saturated carbocycles. The first-order valence-corrected chi connectivity index (χ1v) is 9.13. The van der Waals surface area contributed by atoms with Crippen LogP contribution >= 0.6 is 0 Å². The monoisotopic (exact) mass is 395 g/mol. The summed E-state index contributed by atoms with van der Waals surface area (Å²) in [5, 5.41) is 22.7. The fourth-order valence-corrected chi connectivity index (χ4v) is 2.99. The van der Waals surface area contributed by atoms with Gasteiger partial charge in [0.05, 0.1) is 23.5 Å². The van der Waals surface area contributed by atoms with E-state index in [2.05, 4.69) is 5.32 Å². The lowest BCUT2D eigenvalue weighted by molar-refractivity contribution is -0.131. The number of hydrogen-bond donors (Lipinski definition) is 3. The minimum absolute atomic E-state index is 0.0180. The molecule has 1 atom stereocenters. The molecule has 0 fully saturated rings. The van der Waals surface area contributed by atoms with Gasteiger partial charge < -0.3 is 29.7 Å². The minimum Gasteiger partial charge on any atom is -0.478 e. The molecular formula is C19H29N3O6. The van der Waals surface area contributed by atoms with E-state index in [9.17, 15) is 24.6 Å². The van der Waals surface area contributed by atoms with E-state index in [1.54, 1.807) is 46.1 Å². The molecule has 0 saturated heterocycles. The van der Waals surface area contributed by atoms with Crippen molar-refractivity contribution in [3.05, 3.63) is 23.0 Å². The summed E-state index contributed by atoms with van der Waals surface area (Å²) in [6, 6.07) is 1.29. The molecule has 2 rings (SSSR count). The van der Waals surface area contributed by atoms with Crippen LogP contribution in [-0.2, 0) is 22.6 Å².